The minimum Gasteiger partial charge on any atom is -0.493 e. The van der Waals surface area contributed by atoms with E-state index < -0.39 is 0 Å². The average molecular weight is 491 g/mol. The summed E-state index contributed by atoms with van der Waals surface area (Å²) in [6, 6.07) is 14.2. The van der Waals surface area contributed by atoms with Crippen LogP contribution in [0, 0.1) is 5.92 Å². The van der Waals surface area contributed by atoms with E-state index in [9.17, 15) is 9.59 Å². The summed E-state index contributed by atoms with van der Waals surface area (Å²) < 4.78 is 5.78. The summed E-state index contributed by atoms with van der Waals surface area (Å²) in [5, 5.41) is 5.72. The van der Waals surface area contributed by atoms with Crippen molar-refractivity contribution in [3.05, 3.63) is 64.7 Å². The Kier molecular flexibility index (Phi) is 7.97. The molecule has 4 N–H and O–H groups in total. The van der Waals surface area contributed by atoms with Crippen LogP contribution in [0.5, 0.6) is 5.75 Å². The third-order valence-corrected chi connectivity index (χ3v) is 7.65. The number of para-hydroxylation sites is 1. The number of rotatable bonds is 4. The van der Waals surface area contributed by atoms with E-state index in [1.807, 2.05) is 44.2 Å². The second-order valence-electron chi connectivity index (χ2n) is 10.1. The zero-order valence-corrected chi connectivity index (χ0v) is 21.6. The molecule has 36 heavy (non-hydrogen) atoms. The number of guanidine groups is 1. The number of nitrogens with one attached hydrogen (secondary N) is 2. The van der Waals surface area contributed by atoms with Crippen molar-refractivity contribution in [2.24, 2.45) is 16.6 Å². The van der Waals surface area contributed by atoms with Crippen molar-refractivity contribution in [1.82, 2.24) is 10.6 Å². The molecule has 0 aromatic heterocycles. The van der Waals surface area contributed by atoms with Gasteiger partial charge in [-0.1, -0.05) is 45.0 Å². The number of carbonyl (C=O) groups excluding carboxylic acids is 2. The second kappa shape index (κ2) is 11.1. The van der Waals surface area contributed by atoms with Crippen LogP contribution in [0.1, 0.15) is 86.0 Å². The van der Waals surface area contributed by atoms with Crippen molar-refractivity contribution < 1.29 is 14.3 Å². The van der Waals surface area contributed by atoms with E-state index >= 15 is 0 Å². The number of aryl methyl sites for hydroxylation is 2. The zero-order valence-electron chi connectivity index (χ0n) is 21.6. The molecule has 1 aliphatic carbocycles. The number of hydrogen-bond donors (Lipinski definition) is 3. The van der Waals surface area contributed by atoms with Crippen LogP contribution in [-0.4, -0.2) is 29.9 Å². The maximum atomic E-state index is 12.8. The van der Waals surface area contributed by atoms with Crippen LogP contribution < -0.4 is 21.1 Å². The molecule has 2 amide bonds. The first-order valence-corrected chi connectivity index (χ1v) is 13.1. The maximum absolute atomic E-state index is 12.8. The van der Waals surface area contributed by atoms with E-state index in [4.69, 9.17) is 10.5 Å². The van der Waals surface area contributed by atoms with Crippen molar-refractivity contribution in [2.45, 2.75) is 77.3 Å². The van der Waals surface area contributed by atoms with Crippen LogP contribution in [0.25, 0.3) is 0 Å². The monoisotopic (exact) mass is 490 g/mol. The van der Waals surface area contributed by atoms with Crippen molar-refractivity contribution in [1.29, 1.82) is 0 Å². The van der Waals surface area contributed by atoms with Gasteiger partial charge in [-0.25, -0.2) is 4.99 Å². The van der Waals surface area contributed by atoms with Gasteiger partial charge in [-0.15, -0.1) is 0 Å². The van der Waals surface area contributed by atoms with Gasteiger partial charge >= 0.3 is 0 Å². The van der Waals surface area contributed by atoms with Crippen LogP contribution in [0.15, 0.2) is 47.5 Å². The van der Waals surface area contributed by atoms with Gasteiger partial charge in [0.15, 0.2) is 5.96 Å². The SMILES string of the molecule is CC1COc2ccccc2C1NC(=O)c1ccc2c(c1)CCCC2.CCC1(CC)CC(=O)NC(N)=N1. The largest absolute Gasteiger partial charge is 0.493 e. The molecule has 0 fully saturated rings. The van der Waals surface area contributed by atoms with Crippen LogP contribution in [0.4, 0.5) is 0 Å². The molecule has 2 aromatic carbocycles. The van der Waals surface area contributed by atoms with Gasteiger partial charge in [-0.3, -0.25) is 14.9 Å². The predicted molar refractivity (Wildman–Crippen MR) is 142 cm³/mol. The van der Waals surface area contributed by atoms with E-state index in [0.717, 1.165) is 42.6 Å². The van der Waals surface area contributed by atoms with Gasteiger partial charge in [-0.05, 0) is 67.9 Å². The lowest BCUT2D eigenvalue weighted by Gasteiger charge is -2.32. The first kappa shape index (κ1) is 25.7. The molecule has 2 unspecified atom stereocenters. The van der Waals surface area contributed by atoms with E-state index in [-0.39, 0.29) is 35.3 Å². The molecule has 0 radical (unpaired) electrons. The average Bonchev–Trinajstić information content (AvgIpc) is 2.89. The first-order valence-electron chi connectivity index (χ1n) is 13.1. The predicted octanol–water partition coefficient (Wildman–Crippen LogP) is 4.44. The lowest BCUT2D eigenvalue weighted by atomic mass is 9.88. The number of ether oxygens (including phenoxy) is 1. The quantitative estimate of drug-likeness (QED) is 0.589. The topological polar surface area (TPSA) is 106 Å². The Morgan fingerprint density at radius 1 is 1.14 bits per heavy atom. The highest BCUT2D eigenvalue weighted by molar-refractivity contribution is 5.98. The molecular weight excluding hydrogens is 452 g/mol. The molecule has 0 saturated heterocycles. The summed E-state index contributed by atoms with van der Waals surface area (Å²) in [6.07, 6.45) is 6.89. The molecule has 3 aliphatic rings. The Labute approximate surface area is 213 Å². The van der Waals surface area contributed by atoms with Gasteiger partial charge < -0.3 is 15.8 Å². The van der Waals surface area contributed by atoms with E-state index in [2.05, 4.69) is 34.7 Å². The molecule has 7 heteroatoms. The minimum absolute atomic E-state index is 0.00141. The smallest absolute Gasteiger partial charge is 0.251 e. The highest BCUT2D eigenvalue weighted by Gasteiger charge is 2.32. The van der Waals surface area contributed by atoms with Gasteiger partial charge in [-0.2, -0.15) is 0 Å². The lowest BCUT2D eigenvalue weighted by molar-refractivity contribution is -0.121. The standard InChI is InChI=1S/C21H23NO2.C8H15N3O/c1-14-13-24-19-9-5-4-8-18(19)20(14)22-21(23)17-11-10-15-6-2-3-7-16(15)12-17;1-3-8(4-2)5-6(12)10-7(9)11-8/h4-5,8-12,14,20H,2-3,6-7,13H2,1H3,(H,22,23);3-5H2,1-2H3,(H3,9,10,11,12). The zero-order chi connectivity index (χ0) is 25.7. The number of fused-ring (bicyclic) bond motifs is 2. The van der Waals surface area contributed by atoms with Crippen molar-refractivity contribution in [2.75, 3.05) is 6.61 Å². The molecule has 5 rings (SSSR count). The Morgan fingerprint density at radius 3 is 2.58 bits per heavy atom. The Bertz CT molecular complexity index is 1140. The highest BCUT2D eigenvalue weighted by Crippen LogP contribution is 2.35. The number of benzene rings is 2. The summed E-state index contributed by atoms with van der Waals surface area (Å²) in [5.74, 6) is 1.38. The molecular formula is C29H38N4O3. The van der Waals surface area contributed by atoms with Crippen molar-refractivity contribution in [3.8, 4) is 5.75 Å². The Balaban J connectivity index is 0.000000214. The molecule has 2 aliphatic heterocycles. The van der Waals surface area contributed by atoms with Gasteiger partial charge in [0.25, 0.3) is 5.91 Å². The summed E-state index contributed by atoms with van der Waals surface area (Å²) in [4.78, 5) is 28.2. The van der Waals surface area contributed by atoms with Gasteiger partial charge in [0, 0.05) is 17.0 Å². The fourth-order valence-corrected chi connectivity index (χ4v) is 5.28. The van der Waals surface area contributed by atoms with Crippen molar-refractivity contribution in [3.63, 3.8) is 0 Å². The first-order chi connectivity index (χ1) is 17.3. The van der Waals surface area contributed by atoms with Crippen LogP contribution >= 0.6 is 0 Å². The Hall–Kier alpha value is -3.35. The molecule has 2 aromatic rings. The third-order valence-electron chi connectivity index (χ3n) is 7.65. The summed E-state index contributed by atoms with van der Waals surface area (Å²) >= 11 is 0. The number of nitrogens with two attached hydrogens (primary N) is 1. The second-order valence-corrected chi connectivity index (χ2v) is 10.1. The van der Waals surface area contributed by atoms with Crippen LogP contribution in [0.3, 0.4) is 0 Å². The maximum Gasteiger partial charge on any atom is 0.251 e. The van der Waals surface area contributed by atoms with Gasteiger partial charge in [0.2, 0.25) is 5.91 Å². The Morgan fingerprint density at radius 2 is 1.86 bits per heavy atom. The molecule has 192 valence electrons. The number of hydrogen-bond acceptors (Lipinski definition) is 5. The fourth-order valence-electron chi connectivity index (χ4n) is 5.28. The number of aliphatic imine (C=N–C) groups is 1. The summed E-state index contributed by atoms with van der Waals surface area (Å²) in [7, 11) is 0. The normalized spacial score (nSPS) is 21.9. The third kappa shape index (κ3) is 5.72. The minimum atomic E-state index is -0.244. The lowest BCUT2D eigenvalue weighted by Crippen LogP contribution is -2.48. The van der Waals surface area contributed by atoms with Crippen LogP contribution in [0.2, 0.25) is 0 Å². The highest BCUT2D eigenvalue weighted by atomic mass is 16.5. The molecule has 0 bridgehead atoms. The fraction of sp³-hybridized carbons (Fsp3) is 0.483. The number of carbonyl (C=O) groups is 2. The van der Waals surface area contributed by atoms with Crippen molar-refractivity contribution >= 4 is 17.8 Å². The van der Waals surface area contributed by atoms with Gasteiger partial charge in [0.1, 0.15) is 5.75 Å². The molecule has 2 atom stereocenters. The van der Waals surface area contributed by atoms with Crippen LogP contribution in [-0.2, 0) is 17.6 Å². The molecule has 2 heterocycles. The van der Waals surface area contributed by atoms with E-state index in [0.29, 0.717) is 13.0 Å². The number of nitrogens with zero attached hydrogens (tertiary/aromatic N) is 1. The molecule has 0 saturated carbocycles. The summed E-state index contributed by atoms with van der Waals surface area (Å²) in [5.41, 5.74) is 9.82. The molecule has 7 nitrogen and oxygen atoms in total. The summed E-state index contributed by atoms with van der Waals surface area (Å²) in [6.45, 7) is 6.80. The number of amides is 2. The van der Waals surface area contributed by atoms with E-state index in [1.165, 1.54) is 24.0 Å². The molecule has 0 spiro atoms. The van der Waals surface area contributed by atoms with E-state index in [1.54, 1.807) is 0 Å². The van der Waals surface area contributed by atoms with Gasteiger partial charge in [0.05, 0.1) is 24.6 Å².